The lowest BCUT2D eigenvalue weighted by molar-refractivity contribution is 0.281. The summed E-state index contributed by atoms with van der Waals surface area (Å²) in [5, 5.41) is 8.98. The lowest BCUT2D eigenvalue weighted by atomic mass is 10.1. The first-order chi connectivity index (χ1) is 9.85. The highest BCUT2D eigenvalue weighted by Crippen LogP contribution is 2.26. The second-order valence-electron chi connectivity index (χ2n) is 4.94. The van der Waals surface area contributed by atoms with Crippen LogP contribution in [0.1, 0.15) is 16.7 Å². The van der Waals surface area contributed by atoms with Crippen molar-refractivity contribution in [3.8, 4) is 11.5 Å². The number of rotatable bonds is 5. The van der Waals surface area contributed by atoms with E-state index in [1.807, 2.05) is 30.3 Å². The molecule has 0 unspecified atom stereocenters. The van der Waals surface area contributed by atoms with Gasteiger partial charge < -0.3 is 14.6 Å². The lowest BCUT2D eigenvalue weighted by Crippen LogP contribution is -2.01. The molecule has 2 aromatic carbocycles. The summed E-state index contributed by atoms with van der Waals surface area (Å²) in [6.45, 7) is 1.52. The Morgan fingerprint density at radius 2 is 1.85 bits per heavy atom. The molecule has 1 heterocycles. The third-order valence-electron chi connectivity index (χ3n) is 3.52. The zero-order chi connectivity index (χ0) is 13.8. The molecule has 0 fully saturated rings. The van der Waals surface area contributed by atoms with Gasteiger partial charge in [-0.05, 0) is 34.9 Å². The summed E-state index contributed by atoms with van der Waals surface area (Å²) in [7, 11) is 0. The number of benzene rings is 2. The first-order valence-electron chi connectivity index (χ1n) is 6.92. The van der Waals surface area contributed by atoms with E-state index in [0.717, 1.165) is 36.5 Å². The van der Waals surface area contributed by atoms with Crippen LogP contribution in [0.15, 0.2) is 42.5 Å². The molecular formula is C17H18O3. The van der Waals surface area contributed by atoms with E-state index in [-0.39, 0.29) is 6.61 Å². The van der Waals surface area contributed by atoms with Gasteiger partial charge in [0.1, 0.15) is 11.5 Å². The average Bonchev–Trinajstić information content (AvgIpc) is 2.95. The van der Waals surface area contributed by atoms with Gasteiger partial charge in [-0.3, -0.25) is 0 Å². The van der Waals surface area contributed by atoms with E-state index < -0.39 is 0 Å². The molecule has 0 radical (unpaired) electrons. The van der Waals surface area contributed by atoms with E-state index in [2.05, 4.69) is 12.1 Å². The van der Waals surface area contributed by atoms with E-state index in [4.69, 9.17) is 14.6 Å². The summed E-state index contributed by atoms with van der Waals surface area (Å²) in [6.07, 6.45) is 1.89. The van der Waals surface area contributed by atoms with Crippen molar-refractivity contribution in [3.63, 3.8) is 0 Å². The van der Waals surface area contributed by atoms with Crippen LogP contribution in [0.4, 0.5) is 0 Å². The molecule has 3 nitrogen and oxygen atoms in total. The quantitative estimate of drug-likeness (QED) is 0.908. The van der Waals surface area contributed by atoms with Crippen LogP contribution in [0, 0.1) is 0 Å². The van der Waals surface area contributed by atoms with Crippen LogP contribution in [0.3, 0.4) is 0 Å². The van der Waals surface area contributed by atoms with E-state index in [9.17, 15) is 0 Å². The van der Waals surface area contributed by atoms with Crippen molar-refractivity contribution >= 4 is 0 Å². The normalized spacial score (nSPS) is 12.8. The van der Waals surface area contributed by atoms with E-state index in [1.165, 1.54) is 11.1 Å². The summed E-state index contributed by atoms with van der Waals surface area (Å²) in [4.78, 5) is 0. The van der Waals surface area contributed by atoms with Gasteiger partial charge in [0.2, 0.25) is 0 Å². The van der Waals surface area contributed by atoms with Crippen molar-refractivity contribution in [2.75, 3.05) is 13.2 Å². The molecule has 1 aliphatic rings. The molecule has 3 rings (SSSR count). The number of ether oxygens (including phenoxy) is 2. The summed E-state index contributed by atoms with van der Waals surface area (Å²) in [5.74, 6) is 1.86. The lowest BCUT2D eigenvalue weighted by Gasteiger charge is -2.08. The fourth-order valence-electron chi connectivity index (χ4n) is 2.37. The Morgan fingerprint density at radius 3 is 2.65 bits per heavy atom. The minimum Gasteiger partial charge on any atom is -0.493 e. The van der Waals surface area contributed by atoms with Crippen LogP contribution in [-0.4, -0.2) is 18.3 Å². The van der Waals surface area contributed by atoms with Gasteiger partial charge in [-0.15, -0.1) is 0 Å². The Bertz CT molecular complexity index is 575. The second kappa shape index (κ2) is 5.97. The molecule has 0 amide bonds. The number of hydrogen-bond acceptors (Lipinski definition) is 3. The molecule has 0 spiro atoms. The first kappa shape index (κ1) is 13.0. The molecule has 3 heteroatoms. The Balaban J connectivity index is 1.54. The second-order valence-corrected chi connectivity index (χ2v) is 4.94. The van der Waals surface area contributed by atoms with Crippen LogP contribution in [0.2, 0.25) is 0 Å². The van der Waals surface area contributed by atoms with Crippen molar-refractivity contribution < 1.29 is 14.6 Å². The minimum absolute atomic E-state index is 0.0669. The van der Waals surface area contributed by atoms with Gasteiger partial charge in [0.25, 0.3) is 0 Å². The van der Waals surface area contributed by atoms with Crippen LogP contribution in [0.25, 0.3) is 0 Å². The van der Waals surface area contributed by atoms with Gasteiger partial charge >= 0.3 is 0 Å². The summed E-state index contributed by atoms with van der Waals surface area (Å²) in [5.41, 5.74) is 3.48. The van der Waals surface area contributed by atoms with Crippen LogP contribution in [0.5, 0.6) is 11.5 Å². The van der Waals surface area contributed by atoms with Crippen LogP contribution < -0.4 is 9.47 Å². The van der Waals surface area contributed by atoms with Crippen molar-refractivity contribution in [2.24, 2.45) is 0 Å². The summed E-state index contributed by atoms with van der Waals surface area (Å²) >= 11 is 0. The molecule has 1 N–H and O–H groups in total. The molecule has 0 bridgehead atoms. The highest BCUT2D eigenvalue weighted by Gasteiger charge is 2.11. The van der Waals surface area contributed by atoms with Gasteiger partial charge in [0, 0.05) is 12.8 Å². The molecule has 104 valence electrons. The highest BCUT2D eigenvalue weighted by molar-refractivity contribution is 5.39. The maximum atomic E-state index is 8.98. The average molecular weight is 270 g/mol. The summed E-state index contributed by atoms with van der Waals surface area (Å²) in [6, 6.07) is 13.9. The van der Waals surface area contributed by atoms with Crippen LogP contribution in [-0.2, 0) is 19.4 Å². The molecule has 1 aliphatic heterocycles. The predicted molar refractivity (Wildman–Crippen MR) is 77.2 cm³/mol. The van der Waals surface area contributed by atoms with Gasteiger partial charge in [0.05, 0.1) is 19.8 Å². The van der Waals surface area contributed by atoms with E-state index >= 15 is 0 Å². The van der Waals surface area contributed by atoms with E-state index in [0.29, 0.717) is 6.61 Å². The highest BCUT2D eigenvalue weighted by atomic mass is 16.5. The molecule has 20 heavy (non-hydrogen) atoms. The van der Waals surface area contributed by atoms with Crippen LogP contribution >= 0.6 is 0 Å². The molecular weight excluding hydrogens is 252 g/mol. The molecule has 0 saturated heterocycles. The third kappa shape index (κ3) is 2.94. The Kier molecular flexibility index (Phi) is 3.88. The largest absolute Gasteiger partial charge is 0.493 e. The van der Waals surface area contributed by atoms with Crippen molar-refractivity contribution in [2.45, 2.75) is 19.4 Å². The number of aliphatic hydroxyl groups excluding tert-OH is 1. The molecule has 0 aliphatic carbocycles. The SMILES string of the molecule is OCc1ccc(OCCc2ccc3c(c2)CCO3)cc1. The number of hydrogen-bond donors (Lipinski definition) is 1. The number of fused-ring (bicyclic) bond motifs is 1. The topological polar surface area (TPSA) is 38.7 Å². The molecule has 0 saturated carbocycles. The molecule has 0 aromatic heterocycles. The standard InChI is InChI=1S/C17H18O3/c18-12-14-1-4-16(5-2-14)19-9-7-13-3-6-17-15(11-13)8-10-20-17/h1-6,11,18H,7-10,12H2. The van der Waals surface area contributed by atoms with Crippen molar-refractivity contribution in [1.29, 1.82) is 0 Å². The maximum absolute atomic E-state index is 8.98. The predicted octanol–water partition coefficient (Wildman–Crippen LogP) is 2.74. The smallest absolute Gasteiger partial charge is 0.122 e. The molecule has 0 atom stereocenters. The fourth-order valence-corrected chi connectivity index (χ4v) is 2.37. The van der Waals surface area contributed by atoms with Crippen molar-refractivity contribution in [1.82, 2.24) is 0 Å². The Labute approximate surface area is 118 Å². The zero-order valence-corrected chi connectivity index (χ0v) is 11.3. The van der Waals surface area contributed by atoms with Gasteiger partial charge in [-0.25, -0.2) is 0 Å². The summed E-state index contributed by atoms with van der Waals surface area (Å²) < 4.78 is 11.2. The fraction of sp³-hybridized carbons (Fsp3) is 0.294. The Morgan fingerprint density at radius 1 is 1.05 bits per heavy atom. The van der Waals surface area contributed by atoms with E-state index in [1.54, 1.807) is 0 Å². The monoisotopic (exact) mass is 270 g/mol. The van der Waals surface area contributed by atoms with Gasteiger partial charge in [0.15, 0.2) is 0 Å². The van der Waals surface area contributed by atoms with Gasteiger partial charge in [-0.2, -0.15) is 0 Å². The zero-order valence-electron chi connectivity index (χ0n) is 11.3. The maximum Gasteiger partial charge on any atom is 0.122 e. The van der Waals surface area contributed by atoms with Crippen molar-refractivity contribution in [3.05, 3.63) is 59.2 Å². The third-order valence-corrected chi connectivity index (χ3v) is 3.52. The first-order valence-corrected chi connectivity index (χ1v) is 6.92. The van der Waals surface area contributed by atoms with Gasteiger partial charge in [-0.1, -0.05) is 24.3 Å². The molecule has 2 aromatic rings. The minimum atomic E-state index is 0.0669. The Hall–Kier alpha value is -2.00. The number of aliphatic hydroxyl groups is 1.